The van der Waals surface area contributed by atoms with E-state index in [4.69, 9.17) is 10.5 Å². The third-order valence-electron chi connectivity index (χ3n) is 4.37. The Morgan fingerprint density at radius 3 is 3.05 bits per heavy atom. The van der Waals surface area contributed by atoms with E-state index in [0.29, 0.717) is 12.1 Å². The van der Waals surface area contributed by atoms with Crippen LogP contribution in [0.4, 0.5) is 17.2 Å². The van der Waals surface area contributed by atoms with E-state index in [1.807, 2.05) is 0 Å². The van der Waals surface area contributed by atoms with Gasteiger partial charge in [0.15, 0.2) is 0 Å². The molecule has 0 amide bonds. The van der Waals surface area contributed by atoms with Crippen LogP contribution in [0, 0.1) is 5.92 Å². The van der Waals surface area contributed by atoms with Gasteiger partial charge < -0.3 is 20.7 Å². The quantitative estimate of drug-likeness (QED) is 0.872. The van der Waals surface area contributed by atoms with Gasteiger partial charge in [-0.15, -0.1) is 0 Å². The fourth-order valence-corrected chi connectivity index (χ4v) is 2.98. The minimum Gasteiger partial charge on any atom is -0.396 e. The molecule has 5 heteroatoms. The number of aromatic nitrogens is 1. The molecule has 1 aromatic heterocycles. The SMILES string of the molecule is CC(CC1CC1)Nc1cc(N2CCOC[C@@H]2C)ncc1N. The lowest BCUT2D eigenvalue weighted by Crippen LogP contribution is -2.44. The molecule has 2 fully saturated rings. The molecule has 2 heterocycles. The van der Waals surface area contributed by atoms with Crippen molar-refractivity contribution in [3.05, 3.63) is 12.3 Å². The number of rotatable bonds is 5. The van der Waals surface area contributed by atoms with Crippen LogP contribution >= 0.6 is 0 Å². The lowest BCUT2D eigenvalue weighted by atomic mass is 10.1. The second-order valence-electron chi connectivity index (χ2n) is 6.47. The Kier molecular flexibility index (Phi) is 4.19. The van der Waals surface area contributed by atoms with E-state index < -0.39 is 0 Å². The van der Waals surface area contributed by atoms with Crippen molar-refractivity contribution in [1.82, 2.24) is 4.98 Å². The number of anilines is 3. The number of hydrogen-bond donors (Lipinski definition) is 2. The van der Waals surface area contributed by atoms with E-state index in [2.05, 4.69) is 35.1 Å². The van der Waals surface area contributed by atoms with Crippen LogP contribution in [-0.2, 0) is 4.74 Å². The standard InChI is InChI=1S/C16H26N4O/c1-11(7-13-3-4-13)19-15-8-16(18-9-14(15)17)20-5-6-21-10-12(20)2/h8-9,11-13H,3-7,10,17H2,1-2H3,(H,18,19)/t11?,12-/m0/s1. The van der Waals surface area contributed by atoms with Crippen molar-refractivity contribution in [3.8, 4) is 0 Å². The highest BCUT2D eigenvalue weighted by molar-refractivity contribution is 5.69. The predicted octanol–water partition coefficient (Wildman–Crippen LogP) is 2.49. The molecule has 3 N–H and O–H groups in total. The van der Waals surface area contributed by atoms with Crippen LogP contribution in [0.1, 0.15) is 33.1 Å². The Hall–Kier alpha value is -1.49. The monoisotopic (exact) mass is 290 g/mol. The lowest BCUT2D eigenvalue weighted by molar-refractivity contribution is 0.0985. The largest absolute Gasteiger partial charge is 0.396 e. The highest BCUT2D eigenvalue weighted by Gasteiger charge is 2.24. The van der Waals surface area contributed by atoms with Gasteiger partial charge in [-0.05, 0) is 26.2 Å². The zero-order valence-corrected chi connectivity index (χ0v) is 13.0. The smallest absolute Gasteiger partial charge is 0.131 e. The van der Waals surface area contributed by atoms with Crippen molar-refractivity contribution in [2.45, 2.75) is 45.2 Å². The molecule has 0 radical (unpaired) electrons. The Bertz CT molecular complexity index is 489. The number of nitrogens with two attached hydrogens (primary N) is 1. The molecule has 2 aliphatic rings. The van der Waals surface area contributed by atoms with Crippen LogP contribution in [0.25, 0.3) is 0 Å². The third kappa shape index (κ3) is 3.59. The van der Waals surface area contributed by atoms with E-state index in [0.717, 1.165) is 42.9 Å². The highest BCUT2D eigenvalue weighted by atomic mass is 16.5. The van der Waals surface area contributed by atoms with E-state index in [1.54, 1.807) is 6.20 Å². The summed E-state index contributed by atoms with van der Waals surface area (Å²) in [6.45, 7) is 6.80. The van der Waals surface area contributed by atoms with E-state index >= 15 is 0 Å². The Morgan fingerprint density at radius 1 is 1.52 bits per heavy atom. The lowest BCUT2D eigenvalue weighted by Gasteiger charge is -2.34. The maximum absolute atomic E-state index is 6.08. The molecule has 1 saturated heterocycles. The number of morpholine rings is 1. The van der Waals surface area contributed by atoms with Gasteiger partial charge in [0, 0.05) is 18.7 Å². The predicted molar refractivity (Wildman–Crippen MR) is 86.7 cm³/mol. The summed E-state index contributed by atoms with van der Waals surface area (Å²) in [4.78, 5) is 6.79. The summed E-state index contributed by atoms with van der Waals surface area (Å²) < 4.78 is 5.49. The topological polar surface area (TPSA) is 63.4 Å². The van der Waals surface area contributed by atoms with Crippen LogP contribution in [-0.4, -0.2) is 36.8 Å². The van der Waals surface area contributed by atoms with Crippen LogP contribution in [0.3, 0.4) is 0 Å². The van der Waals surface area contributed by atoms with Crippen molar-refractivity contribution in [2.75, 3.05) is 35.7 Å². The number of pyridine rings is 1. The Morgan fingerprint density at radius 2 is 2.33 bits per heavy atom. The number of nitrogens with zero attached hydrogens (tertiary/aromatic N) is 2. The normalized spacial score (nSPS) is 23.9. The first-order chi connectivity index (χ1) is 10.1. The van der Waals surface area contributed by atoms with Crippen molar-refractivity contribution in [3.63, 3.8) is 0 Å². The van der Waals surface area contributed by atoms with Gasteiger partial charge in [-0.3, -0.25) is 0 Å². The molecule has 0 spiro atoms. The number of ether oxygens (including phenoxy) is 1. The summed E-state index contributed by atoms with van der Waals surface area (Å²) >= 11 is 0. The molecule has 3 rings (SSSR count). The molecule has 1 saturated carbocycles. The maximum atomic E-state index is 6.08. The number of nitrogens with one attached hydrogen (secondary N) is 1. The first-order valence-electron chi connectivity index (χ1n) is 8.00. The molecule has 116 valence electrons. The molecule has 2 atom stereocenters. The summed E-state index contributed by atoms with van der Waals surface area (Å²) in [6.07, 6.45) is 5.76. The summed E-state index contributed by atoms with van der Waals surface area (Å²) in [5.41, 5.74) is 7.81. The van der Waals surface area contributed by atoms with Crippen molar-refractivity contribution in [2.24, 2.45) is 5.92 Å². The first kappa shape index (κ1) is 14.4. The summed E-state index contributed by atoms with van der Waals surface area (Å²) in [7, 11) is 0. The molecule has 0 bridgehead atoms. The molecule has 1 aromatic rings. The van der Waals surface area contributed by atoms with Gasteiger partial charge in [-0.1, -0.05) is 12.8 Å². The molecule has 1 aliphatic carbocycles. The summed E-state index contributed by atoms with van der Waals surface area (Å²) in [5.74, 6) is 1.90. The van der Waals surface area contributed by atoms with Crippen LogP contribution in [0.15, 0.2) is 12.3 Å². The van der Waals surface area contributed by atoms with E-state index in [-0.39, 0.29) is 0 Å². The minimum atomic E-state index is 0.353. The van der Waals surface area contributed by atoms with E-state index in [9.17, 15) is 0 Å². The molecule has 1 aliphatic heterocycles. The van der Waals surface area contributed by atoms with Crippen LogP contribution in [0.2, 0.25) is 0 Å². The van der Waals surface area contributed by atoms with Gasteiger partial charge in [0.05, 0.1) is 36.8 Å². The molecule has 0 aromatic carbocycles. The third-order valence-corrected chi connectivity index (χ3v) is 4.37. The number of hydrogen-bond acceptors (Lipinski definition) is 5. The zero-order chi connectivity index (χ0) is 14.8. The molecule has 1 unspecified atom stereocenters. The average molecular weight is 290 g/mol. The minimum absolute atomic E-state index is 0.353. The second-order valence-corrected chi connectivity index (χ2v) is 6.47. The first-order valence-corrected chi connectivity index (χ1v) is 8.00. The van der Waals surface area contributed by atoms with Gasteiger partial charge in [0.2, 0.25) is 0 Å². The van der Waals surface area contributed by atoms with Crippen LogP contribution < -0.4 is 16.0 Å². The van der Waals surface area contributed by atoms with Gasteiger partial charge in [0.25, 0.3) is 0 Å². The van der Waals surface area contributed by atoms with E-state index in [1.165, 1.54) is 19.3 Å². The van der Waals surface area contributed by atoms with Crippen LogP contribution in [0.5, 0.6) is 0 Å². The summed E-state index contributed by atoms with van der Waals surface area (Å²) in [6, 6.07) is 2.89. The van der Waals surface area contributed by atoms with Gasteiger partial charge >= 0.3 is 0 Å². The highest BCUT2D eigenvalue weighted by Crippen LogP contribution is 2.34. The molecule has 21 heavy (non-hydrogen) atoms. The Labute approximate surface area is 126 Å². The van der Waals surface area contributed by atoms with Gasteiger partial charge in [-0.2, -0.15) is 0 Å². The number of nitrogen functional groups attached to an aromatic ring is 1. The van der Waals surface area contributed by atoms with Gasteiger partial charge in [0.1, 0.15) is 5.82 Å². The molecular weight excluding hydrogens is 264 g/mol. The van der Waals surface area contributed by atoms with Crippen molar-refractivity contribution >= 4 is 17.2 Å². The average Bonchev–Trinajstić information content (AvgIpc) is 3.26. The van der Waals surface area contributed by atoms with Crippen molar-refractivity contribution < 1.29 is 4.74 Å². The molecular formula is C16H26N4O. The fraction of sp³-hybridized carbons (Fsp3) is 0.688. The van der Waals surface area contributed by atoms with Gasteiger partial charge in [-0.25, -0.2) is 4.98 Å². The Balaban J connectivity index is 1.71. The maximum Gasteiger partial charge on any atom is 0.131 e. The second kappa shape index (κ2) is 6.10. The molecule has 5 nitrogen and oxygen atoms in total. The fourth-order valence-electron chi connectivity index (χ4n) is 2.98. The zero-order valence-electron chi connectivity index (χ0n) is 13.0. The summed E-state index contributed by atoms with van der Waals surface area (Å²) in [5, 5.41) is 3.55. The van der Waals surface area contributed by atoms with Crippen molar-refractivity contribution in [1.29, 1.82) is 0 Å².